The van der Waals surface area contributed by atoms with Gasteiger partial charge in [-0.1, -0.05) is 11.3 Å². The number of aromatic nitrogens is 5. The van der Waals surface area contributed by atoms with E-state index >= 15 is 0 Å². The highest BCUT2D eigenvalue weighted by Crippen LogP contribution is 2.27. The van der Waals surface area contributed by atoms with E-state index in [4.69, 9.17) is 5.11 Å². The lowest BCUT2D eigenvalue weighted by Crippen LogP contribution is -2.49. The molecular weight excluding hydrogens is 392 g/mol. The molecule has 146 valence electrons. The lowest BCUT2D eigenvalue weighted by Gasteiger charge is -2.19. The number of amides is 1. The predicted molar refractivity (Wildman–Crippen MR) is 107 cm³/mol. The predicted octanol–water partition coefficient (Wildman–Crippen LogP) is 2.53. The van der Waals surface area contributed by atoms with Crippen LogP contribution in [0, 0.1) is 0 Å². The average Bonchev–Trinajstić information content (AvgIpc) is 3.35. The molecule has 2 N–H and O–H groups in total. The molecular formula is C19H16N6O3S. The van der Waals surface area contributed by atoms with Crippen LogP contribution >= 0.6 is 11.3 Å². The van der Waals surface area contributed by atoms with Gasteiger partial charge in [0.1, 0.15) is 10.5 Å². The van der Waals surface area contributed by atoms with Crippen molar-refractivity contribution in [2.24, 2.45) is 0 Å². The number of pyridine rings is 1. The molecule has 0 aliphatic carbocycles. The van der Waals surface area contributed by atoms with Gasteiger partial charge in [-0.15, -0.1) is 10.2 Å². The Morgan fingerprint density at radius 1 is 1.21 bits per heavy atom. The number of hydrogen-bond donors (Lipinski definition) is 2. The van der Waals surface area contributed by atoms with E-state index in [1.807, 2.05) is 36.5 Å². The van der Waals surface area contributed by atoms with Crippen LogP contribution in [0.3, 0.4) is 0 Å². The summed E-state index contributed by atoms with van der Waals surface area (Å²) in [7, 11) is 0. The number of aliphatic carboxylic acids is 1. The van der Waals surface area contributed by atoms with Crippen molar-refractivity contribution >= 4 is 34.1 Å². The van der Waals surface area contributed by atoms with Crippen molar-refractivity contribution in [3.05, 3.63) is 53.9 Å². The SMILES string of the molecule is CC(C)(NC(=O)c1nnc(-c2ccc3nn(-c4cccnc4)cc3c2)s1)C(=O)O. The van der Waals surface area contributed by atoms with E-state index in [1.54, 1.807) is 17.1 Å². The molecule has 29 heavy (non-hydrogen) atoms. The van der Waals surface area contributed by atoms with Gasteiger partial charge in [-0.25, -0.2) is 9.48 Å². The minimum atomic E-state index is -1.40. The molecule has 3 aromatic heterocycles. The number of carboxylic acids is 1. The number of benzene rings is 1. The zero-order valence-electron chi connectivity index (χ0n) is 15.5. The highest BCUT2D eigenvalue weighted by atomic mass is 32.1. The fourth-order valence-electron chi connectivity index (χ4n) is 2.60. The molecule has 0 spiro atoms. The largest absolute Gasteiger partial charge is 0.480 e. The molecule has 0 unspecified atom stereocenters. The van der Waals surface area contributed by atoms with Crippen molar-refractivity contribution in [3.8, 4) is 16.3 Å². The molecule has 1 aromatic carbocycles. The van der Waals surface area contributed by atoms with E-state index in [9.17, 15) is 9.59 Å². The highest BCUT2D eigenvalue weighted by molar-refractivity contribution is 7.16. The summed E-state index contributed by atoms with van der Waals surface area (Å²) >= 11 is 1.09. The van der Waals surface area contributed by atoms with Gasteiger partial charge in [-0.3, -0.25) is 9.78 Å². The van der Waals surface area contributed by atoms with Gasteiger partial charge in [0.05, 0.1) is 17.4 Å². The van der Waals surface area contributed by atoms with Gasteiger partial charge in [0, 0.05) is 23.3 Å². The number of hydrogen-bond acceptors (Lipinski definition) is 7. The lowest BCUT2D eigenvalue weighted by molar-refractivity contribution is -0.143. The summed E-state index contributed by atoms with van der Waals surface area (Å²) < 4.78 is 1.74. The van der Waals surface area contributed by atoms with Crippen LogP contribution in [0.4, 0.5) is 0 Å². The van der Waals surface area contributed by atoms with E-state index in [-0.39, 0.29) is 5.01 Å². The molecule has 10 heteroatoms. The van der Waals surface area contributed by atoms with Crippen molar-refractivity contribution in [1.29, 1.82) is 0 Å². The molecule has 4 aromatic rings. The number of carbonyl (C=O) groups is 2. The van der Waals surface area contributed by atoms with E-state index < -0.39 is 17.4 Å². The van der Waals surface area contributed by atoms with E-state index in [0.717, 1.165) is 33.5 Å². The Hall–Kier alpha value is -3.66. The molecule has 0 saturated heterocycles. The molecule has 0 radical (unpaired) electrons. The second-order valence-corrected chi connectivity index (χ2v) is 7.83. The van der Waals surface area contributed by atoms with Crippen LogP contribution < -0.4 is 5.32 Å². The van der Waals surface area contributed by atoms with Gasteiger partial charge in [-0.2, -0.15) is 5.10 Å². The maximum atomic E-state index is 12.3. The third kappa shape index (κ3) is 3.69. The van der Waals surface area contributed by atoms with Gasteiger partial charge in [0.25, 0.3) is 5.91 Å². The Kier molecular flexibility index (Phi) is 4.55. The molecule has 4 rings (SSSR count). The van der Waals surface area contributed by atoms with Crippen molar-refractivity contribution in [2.45, 2.75) is 19.4 Å². The molecule has 3 heterocycles. The summed E-state index contributed by atoms with van der Waals surface area (Å²) in [6.07, 6.45) is 5.31. The Balaban J connectivity index is 1.61. The number of carboxylic acid groups (broad SMARTS) is 1. The Labute approximate surface area is 169 Å². The number of carbonyl (C=O) groups excluding carboxylic acids is 1. The molecule has 0 fully saturated rings. The standard InChI is InChI=1S/C19H16N6O3S/c1-19(2,18(27)28)21-15(26)17-23-22-16(29-17)11-5-6-14-12(8-11)10-25(24-14)13-4-3-7-20-9-13/h3-10H,1-2H3,(H,21,26)(H,27,28). The van der Waals surface area contributed by atoms with Crippen LogP contribution in [-0.2, 0) is 4.79 Å². The minimum Gasteiger partial charge on any atom is -0.480 e. The second kappa shape index (κ2) is 7.06. The zero-order valence-corrected chi connectivity index (χ0v) is 16.3. The first-order chi connectivity index (χ1) is 13.8. The van der Waals surface area contributed by atoms with Crippen LogP contribution in [0.15, 0.2) is 48.9 Å². The fourth-order valence-corrected chi connectivity index (χ4v) is 3.34. The maximum Gasteiger partial charge on any atom is 0.328 e. The van der Waals surface area contributed by atoms with Crippen LogP contribution in [0.5, 0.6) is 0 Å². The van der Waals surface area contributed by atoms with Gasteiger partial charge in [0.2, 0.25) is 5.01 Å². The summed E-state index contributed by atoms with van der Waals surface area (Å²) in [5.74, 6) is -1.71. The molecule has 0 aliphatic rings. The first kappa shape index (κ1) is 18.7. The molecule has 0 aliphatic heterocycles. The van der Waals surface area contributed by atoms with E-state index in [2.05, 4.69) is 25.6 Å². The molecule has 0 bridgehead atoms. The van der Waals surface area contributed by atoms with Crippen molar-refractivity contribution < 1.29 is 14.7 Å². The topological polar surface area (TPSA) is 123 Å². The molecule has 0 saturated carbocycles. The monoisotopic (exact) mass is 408 g/mol. The molecule has 0 atom stereocenters. The van der Waals surface area contributed by atoms with Gasteiger partial charge < -0.3 is 10.4 Å². The number of fused-ring (bicyclic) bond motifs is 1. The smallest absolute Gasteiger partial charge is 0.328 e. The van der Waals surface area contributed by atoms with Crippen LogP contribution in [-0.4, -0.2) is 47.5 Å². The van der Waals surface area contributed by atoms with Crippen LogP contribution in [0.2, 0.25) is 0 Å². The van der Waals surface area contributed by atoms with E-state index in [0.29, 0.717) is 5.01 Å². The van der Waals surface area contributed by atoms with Gasteiger partial charge in [0.15, 0.2) is 0 Å². The zero-order chi connectivity index (χ0) is 20.6. The number of nitrogens with one attached hydrogen (secondary N) is 1. The third-order valence-corrected chi connectivity index (χ3v) is 5.21. The van der Waals surface area contributed by atoms with Gasteiger partial charge >= 0.3 is 5.97 Å². The summed E-state index contributed by atoms with van der Waals surface area (Å²) in [4.78, 5) is 27.6. The number of rotatable bonds is 5. The van der Waals surface area contributed by atoms with Crippen molar-refractivity contribution in [3.63, 3.8) is 0 Å². The molecule has 9 nitrogen and oxygen atoms in total. The minimum absolute atomic E-state index is 0.0977. The Morgan fingerprint density at radius 3 is 2.76 bits per heavy atom. The lowest BCUT2D eigenvalue weighted by atomic mass is 10.1. The summed E-state index contributed by atoms with van der Waals surface area (Å²) in [5, 5.41) is 25.7. The third-order valence-electron chi connectivity index (χ3n) is 4.24. The quantitative estimate of drug-likeness (QED) is 0.520. The Morgan fingerprint density at radius 2 is 2.03 bits per heavy atom. The van der Waals surface area contributed by atoms with Crippen molar-refractivity contribution in [2.75, 3.05) is 0 Å². The normalized spacial score (nSPS) is 11.5. The summed E-state index contributed by atoms with van der Waals surface area (Å²) in [5.41, 5.74) is 1.05. The number of nitrogens with zero attached hydrogens (tertiary/aromatic N) is 5. The summed E-state index contributed by atoms with van der Waals surface area (Å²) in [6, 6.07) is 9.39. The van der Waals surface area contributed by atoms with E-state index in [1.165, 1.54) is 13.8 Å². The first-order valence-electron chi connectivity index (χ1n) is 8.63. The van der Waals surface area contributed by atoms with Crippen molar-refractivity contribution in [1.82, 2.24) is 30.3 Å². The van der Waals surface area contributed by atoms with Crippen LogP contribution in [0.1, 0.15) is 23.6 Å². The highest BCUT2D eigenvalue weighted by Gasteiger charge is 2.30. The summed E-state index contributed by atoms with van der Waals surface area (Å²) in [6.45, 7) is 2.81. The van der Waals surface area contributed by atoms with Gasteiger partial charge in [-0.05, 0) is 44.2 Å². The first-order valence-corrected chi connectivity index (χ1v) is 9.45. The van der Waals surface area contributed by atoms with Crippen LogP contribution in [0.25, 0.3) is 27.2 Å². The average molecular weight is 408 g/mol. The Bertz CT molecular complexity index is 1220. The molecule has 1 amide bonds. The second-order valence-electron chi connectivity index (χ2n) is 6.86. The maximum absolute atomic E-state index is 12.3. The fraction of sp³-hybridized carbons (Fsp3) is 0.158.